The second kappa shape index (κ2) is 7.09. The Bertz CT molecular complexity index is 772. The van der Waals surface area contributed by atoms with Crippen LogP contribution in [0.25, 0.3) is 0 Å². The van der Waals surface area contributed by atoms with Gasteiger partial charge in [-0.25, -0.2) is 4.79 Å². The summed E-state index contributed by atoms with van der Waals surface area (Å²) in [5.74, 6) is -0.805. The molecule has 0 aliphatic carbocycles. The lowest BCUT2D eigenvalue weighted by Crippen LogP contribution is -2.40. The summed E-state index contributed by atoms with van der Waals surface area (Å²) in [4.78, 5) is 25.5. The maximum absolute atomic E-state index is 12.5. The Labute approximate surface area is 147 Å². The number of amides is 1. The lowest BCUT2D eigenvalue weighted by atomic mass is 10.0. The largest absolute Gasteiger partial charge is 0.478 e. The molecule has 0 spiro atoms. The maximum Gasteiger partial charge on any atom is 0.339 e. The highest BCUT2D eigenvalue weighted by molar-refractivity contribution is 5.88. The highest BCUT2D eigenvalue weighted by Gasteiger charge is 2.26. The van der Waals surface area contributed by atoms with E-state index >= 15 is 0 Å². The van der Waals surface area contributed by atoms with E-state index in [1.165, 1.54) is 11.8 Å². The van der Waals surface area contributed by atoms with Crippen LogP contribution in [0.15, 0.2) is 30.5 Å². The minimum Gasteiger partial charge on any atom is -0.478 e. The van der Waals surface area contributed by atoms with Crippen LogP contribution < -0.4 is 0 Å². The number of likely N-dealkylation sites (tertiary alicyclic amines) is 1. The van der Waals surface area contributed by atoms with Gasteiger partial charge in [-0.2, -0.15) is 5.10 Å². The Hall–Kier alpha value is -2.63. The summed E-state index contributed by atoms with van der Waals surface area (Å²) in [6, 6.07) is 8.20. The number of nitrogens with zero attached hydrogens (tertiary/aromatic N) is 3. The molecular formula is C19H23N3O3. The number of piperidine rings is 1. The molecule has 0 bridgehead atoms. The number of carbonyl (C=O) groups is 2. The molecule has 1 fully saturated rings. The average molecular weight is 341 g/mol. The van der Waals surface area contributed by atoms with Crippen molar-refractivity contribution in [2.45, 2.75) is 39.2 Å². The summed E-state index contributed by atoms with van der Waals surface area (Å²) < 4.78 is 1.80. The standard InChI is InChI=1S/C19H23N3O3/c1-13-3-5-15(6-4-13)11-18(23)21-9-7-16(8-10-21)22-14(2)17(12-20-22)19(24)25/h3-6,12,16H,7-11H2,1-2H3,(H,24,25). The normalized spacial score (nSPS) is 15.4. The van der Waals surface area contributed by atoms with Crippen molar-refractivity contribution >= 4 is 11.9 Å². The van der Waals surface area contributed by atoms with Gasteiger partial charge in [0.1, 0.15) is 5.56 Å². The minimum atomic E-state index is -0.950. The molecule has 1 saturated heterocycles. The first-order valence-corrected chi connectivity index (χ1v) is 8.56. The first-order valence-electron chi connectivity index (χ1n) is 8.56. The van der Waals surface area contributed by atoms with E-state index in [2.05, 4.69) is 5.10 Å². The van der Waals surface area contributed by atoms with Crippen LogP contribution in [0.5, 0.6) is 0 Å². The molecule has 1 aromatic carbocycles. The third-order valence-electron chi connectivity index (χ3n) is 4.91. The minimum absolute atomic E-state index is 0.144. The molecule has 3 rings (SSSR count). The molecule has 0 radical (unpaired) electrons. The molecule has 1 amide bonds. The van der Waals surface area contributed by atoms with Crippen LogP contribution in [0.2, 0.25) is 0 Å². The molecule has 0 atom stereocenters. The fraction of sp³-hybridized carbons (Fsp3) is 0.421. The van der Waals surface area contributed by atoms with Crippen molar-refractivity contribution in [3.05, 3.63) is 52.8 Å². The van der Waals surface area contributed by atoms with E-state index in [0.717, 1.165) is 18.4 Å². The van der Waals surface area contributed by atoms with Crippen LogP contribution in [0.4, 0.5) is 0 Å². The number of hydrogen-bond acceptors (Lipinski definition) is 3. The lowest BCUT2D eigenvalue weighted by Gasteiger charge is -2.32. The van der Waals surface area contributed by atoms with Crippen LogP contribution in [-0.2, 0) is 11.2 Å². The summed E-state index contributed by atoms with van der Waals surface area (Å²) in [6.07, 6.45) is 3.42. The summed E-state index contributed by atoms with van der Waals surface area (Å²) in [6.45, 7) is 5.17. The van der Waals surface area contributed by atoms with E-state index in [4.69, 9.17) is 5.11 Å². The second-order valence-corrected chi connectivity index (χ2v) is 6.67. The van der Waals surface area contributed by atoms with Gasteiger partial charge in [0.2, 0.25) is 5.91 Å². The molecule has 1 N–H and O–H groups in total. The maximum atomic E-state index is 12.5. The molecule has 1 aliphatic heterocycles. The number of aromatic carboxylic acids is 1. The van der Waals surface area contributed by atoms with Crippen LogP contribution in [0.3, 0.4) is 0 Å². The first kappa shape index (κ1) is 17.2. The molecule has 6 nitrogen and oxygen atoms in total. The topological polar surface area (TPSA) is 75.4 Å². The number of rotatable bonds is 4. The molecule has 0 unspecified atom stereocenters. The van der Waals surface area contributed by atoms with Crippen molar-refractivity contribution < 1.29 is 14.7 Å². The molecule has 2 aromatic rings. The first-order chi connectivity index (χ1) is 12.0. The van der Waals surface area contributed by atoms with Crippen molar-refractivity contribution in [2.75, 3.05) is 13.1 Å². The fourth-order valence-electron chi connectivity index (χ4n) is 3.35. The monoisotopic (exact) mass is 341 g/mol. The summed E-state index contributed by atoms with van der Waals surface area (Å²) in [5, 5.41) is 13.4. The Morgan fingerprint density at radius 2 is 1.80 bits per heavy atom. The third-order valence-corrected chi connectivity index (χ3v) is 4.91. The lowest BCUT2D eigenvalue weighted by molar-refractivity contribution is -0.131. The number of aryl methyl sites for hydroxylation is 1. The van der Waals surface area contributed by atoms with Gasteiger partial charge in [-0.3, -0.25) is 9.48 Å². The average Bonchev–Trinajstić information content (AvgIpc) is 2.99. The molecule has 0 saturated carbocycles. The predicted molar refractivity (Wildman–Crippen MR) is 93.7 cm³/mol. The number of aromatic nitrogens is 2. The zero-order chi connectivity index (χ0) is 18.0. The van der Waals surface area contributed by atoms with Crippen LogP contribution >= 0.6 is 0 Å². The van der Waals surface area contributed by atoms with Crippen molar-refractivity contribution in [2.24, 2.45) is 0 Å². The van der Waals surface area contributed by atoms with Gasteiger partial charge in [0, 0.05) is 13.1 Å². The van der Waals surface area contributed by atoms with Crippen molar-refractivity contribution in [1.82, 2.24) is 14.7 Å². The van der Waals surface area contributed by atoms with Gasteiger partial charge in [0.05, 0.1) is 24.4 Å². The molecular weight excluding hydrogens is 318 g/mol. The van der Waals surface area contributed by atoms with E-state index in [1.54, 1.807) is 11.6 Å². The van der Waals surface area contributed by atoms with E-state index in [1.807, 2.05) is 36.1 Å². The molecule has 1 aromatic heterocycles. The van der Waals surface area contributed by atoms with Gasteiger partial charge >= 0.3 is 5.97 Å². The van der Waals surface area contributed by atoms with E-state index in [-0.39, 0.29) is 17.5 Å². The number of carbonyl (C=O) groups excluding carboxylic acids is 1. The number of benzene rings is 1. The van der Waals surface area contributed by atoms with Crippen LogP contribution in [0.1, 0.15) is 46.1 Å². The Kier molecular flexibility index (Phi) is 4.88. The van der Waals surface area contributed by atoms with Gasteiger partial charge in [0.15, 0.2) is 0 Å². The van der Waals surface area contributed by atoms with Crippen LogP contribution in [-0.4, -0.2) is 44.8 Å². The van der Waals surface area contributed by atoms with Gasteiger partial charge in [-0.15, -0.1) is 0 Å². The van der Waals surface area contributed by atoms with Crippen LogP contribution in [0, 0.1) is 13.8 Å². The highest BCUT2D eigenvalue weighted by atomic mass is 16.4. The SMILES string of the molecule is Cc1ccc(CC(=O)N2CCC(n3ncc(C(=O)O)c3C)CC2)cc1. The smallest absolute Gasteiger partial charge is 0.339 e. The Balaban J connectivity index is 1.59. The molecule has 25 heavy (non-hydrogen) atoms. The van der Waals surface area contributed by atoms with Crippen molar-refractivity contribution in [3.8, 4) is 0 Å². The second-order valence-electron chi connectivity index (χ2n) is 6.67. The van der Waals surface area contributed by atoms with Crippen molar-refractivity contribution in [1.29, 1.82) is 0 Å². The number of carboxylic acid groups (broad SMARTS) is 1. The quantitative estimate of drug-likeness (QED) is 0.927. The molecule has 132 valence electrons. The molecule has 2 heterocycles. The van der Waals surface area contributed by atoms with E-state index in [9.17, 15) is 9.59 Å². The highest BCUT2D eigenvalue weighted by Crippen LogP contribution is 2.25. The van der Waals surface area contributed by atoms with Gasteiger partial charge in [-0.1, -0.05) is 29.8 Å². The molecule has 6 heteroatoms. The van der Waals surface area contributed by atoms with E-state index < -0.39 is 5.97 Å². The zero-order valence-electron chi connectivity index (χ0n) is 14.6. The van der Waals surface area contributed by atoms with Gasteiger partial charge in [-0.05, 0) is 32.3 Å². The molecule has 1 aliphatic rings. The Morgan fingerprint density at radius 3 is 2.36 bits per heavy atom. The van der Waals surface area contributed by atoms with Crippen molar-refractivity contribution in [3.63, 3.8) is 0 Å². The summed E-state index contributed by atoms with van der Waals surface area (Å²) in [7, 11) is 0. The third kappa shape index (κ3) is 3.73. The Morgan fingerprint density at radius 1 is 1.16 bits per heavy atom. The van der Waals surface area contributed by atoms with E-state index in [0.29, 0.717) is 25.2 Å². The number of hydrogen-bond donors (Lipinski definition) is 1. The van der Waals surface area contributed by atoms with Gasteiger partial charge in [0.25, 0.3) is 0 Å². The summed E-state index contributed by atoms with van der Waals surface area (Å²) in [5.41, 5.74) is 3.15. The summed E-state index contributed by atoms with van der Waals surface area (Å²) >= 11 is 0. The number of carboxylic acids is 1. The zero-order valence-corrected chi connectivity index (χ0v) is 14.6. The predicted octanol–water partition coefficient (Wildman–Crippen LogP) is 2.60. The fourth-order valence-corrected chi connectivity index (χ4v) is 3.35. The van der Waals surface area contributed by atoms with Gasteiger partial charge < -0.3 is 10.0 Å².